The molecule has 0 amide bonds. The first-order valence-electron chi connectivity index (χ1n) is 10.9. The second-order valence-electron chi connectivity index (χ2n) is 8.47. The third kappa shape index (κ3) is 4.22. The van der Waals surface area contributed by atoms with Gasteiger partial charge in [-0.3, -0.25) is 0 Å². The SMILES string of the molecule is COc1ccc(/C(C)=N/OCc2nc3c4c(C)c(C)n(CC(C)C)c4ncn3n2)cc1OC. The van der Waals surface area contributed by atoms with E-state index >= 15 is 0 Å². The van der Waals surface area contributed by atoms with Gasteiger partial charge in [0, 0.05) is 17.8 Å². The summed E-state index contributed by atoms with van der Waals surface area (Å²) in [5.74, 6) is 2.36. The predicted molar refractivity (Wildman–Crippen MR) is 127 cm³/mol. The minimum absolute atomic E-state index is 0.151. The van der Waals surface area contributed by atoms with Gasteiger partial charge in [-0.25, -0.2) is 14.5 Å². The van der Waals surface area contributed by atoms with Crippen molar-refractivity contribution >= 4 is 22.4 Å². The van der Waals surface area contributed by atoms with E-state index in [9.17, 15) is 0 Å². The van der Waals surface area contributed by atoms with Crippen LogP contribution in [0.2, 0.25) is 0 Å². The van der Waals surface area contributed by atoms with Gasteiger partial charge in [-0.2, -0.15) is 0 Å². The Bertz CT molecular complexity index is 1340. The van der Waals surface area contributed by atoms with Crippen LogP contribution in [0.3, 0.4) is 0 Å². The fraction of sp³-hybridized carbons (Fsp3) is 0.417. The summed E-state index contributed by atoms with van der Waals surface area (Å²) < 4.78 is 14.6. The van der Waals surface area contributed by atoms with Crippen LogP contribution < -0.4 is 9.47 Å². The van der Waals surface area contributed by atoms with E-state index in [4.69, 9.17) is 19.3 Å². The normalized spacial score (nSPS) is 12.2. The average molecular weight is 451 g/mol. The Morgan fingerprint density at radius 1 is 1.09 bits per heavy atom. The molecule has 0 bridgehead atoms. The molecule has 0 atom stereocenters. The molecule has 0 saturated heterocycles. The first-order valence-corrected chi connectivity index (χ1v) is 10.9. The van der Waals surface area contributed by atoms with E-state index in [-0.39, 0.29) is 6.61 Å². The molecule has 3 aromatic heterocycles. The van der Waals surface area contributed by atoms with Gasteiger partial charge in [-0.1, -0.05) is 19.0 Å². The topological polar surface area (TPSA) is 88.1 Å². The van der Waals surface area contributed by atoms with E-state index in [1.54, 1.807) is 25.1 Å². The van der Waals surface area contributed by atoms with Crippen LogP contribution in [-0.2, 0) is 18.0 Å². The van der Waals surface area contributed by atoms with Crippen LogP contribution in [0.1, 0.15) is 43.4 Å². The number of fused-ring (bicyclic) bond motifs is 3. The van der Waals surface area contributed by atoms with Crippen molar-refractivity contribution in [2.75, 3.05) is 14.2 Å². The maximum absolute atomic E-state index is 5.57. The fourth-order valence-electron chi connectivity index (χ4n) is 3.93. The lowest BCUT2D eigenvalue weighted by atomic mass is 10.1. The maximum atomic E-state index is 5.57. The van der Waals surface area contributed by atoms with Crippen molar-refractivity contribution in [3.8, 4) is 11.5 Å². The number of benzene rings is 1. The molecule has 3 heterocycles. The molecule has 1 aromatic carbocycles. The molecular weight excluding hydrogens is 420 g/mol. The number of oxime groups is 1. The van der Waals surface area contributed by atoms with Gasteiger partial charge < -0.3 is 18.9 Å². The van der Waals surface area contributed by atoms with Crippen LogP contribution in [-0.4, -0.2) is 44.1 Å². The minimum Gasteiger partial charge on any atom is -0.493 e. The number of hydrogen-bond donors (Lipinski definition) is 0. The highest BCUT2D eigenvalue weighted by Crippen LogP contribution is 2.29. The lowest BCUT2D eigenvalue weighted by molar-refractivity contribution is 0.125. The predicted octanol–water partition coefficient (Wildman–Crippen LogP) is 4.31. The molecule has 0 spiro atoms. The lowest BCUT2D eigenvalue weighted by Gasteiger charge is -2.10. The Hall–Kier alpha value is -3.62. The zero-order valence-electron chi connectivity index (χ0n) is 20.2. The van der Waals surface area contributed by atoms with Gasteiger partial charge in [0.05, 0.1) is 25.3 Å². The first kappa shape index (κ1) is 22.6. The van der Waals surface area contributed by atoms with Crippen LogP contribution in [0.5, 0.6) is 11.5 Å². The number of methoxy groups -OCH3 is 2. The third-order valence-corrected chi connectivity index (χ3v) is 5.73. The van der Waals surface area contributed by atoms with Crippen molar-refractivity contribution in [3.63, 3.8) is 0 Å². The molecule has 0 unspecified atom stereocenters. The number of hydrogen-bond acceptors (Lipinski definition) is 7. The highest BCUT2D eigenvalue weighted by atomic mass is 16.6. The van der Waals surface area contributed by atoms with Gasteiger partial charge in [0.25, 0.3) is 0 Å². The zero-order valence-corrected chi connectivity index (χ0v) is 20.2. The van der Waals surface area contributed by atoms with Crippen LogP contribution in [0.15, 0.2) is 29.7 Å². The highest BCUT2D eigenvalue weighted by Gasteiger charge is 2.18. The Morgan fingerprint density at radius 3 is 2.55 bits per heavy atom. The van der Waals surface area contributed by atoms with Crippen molar-refractivity contribution in [3.05, 3.63) is 47.2 Å². The van der Waals surface area contributed by atoms with E-state index in [1.165, 1.54) is 11.3 Å². The summed E-state index contributed by atoms with van der Waals surface area (Å²) in [6, 6.07) is 5.60. The van der Waals surface area contributed by atoms with Gasteiger partial charge in [0.1, 0.15) is 12.0 Å². The summed E-state index contributed by atoms with van der Waals surface area (Å²) in [6.07, 6.45) is 1.71. The Kier molecular flexibility index (Phi) is 6.22. The van der Waals surface area contributed by atoms with E-state index < -0.39 is 0 Å². The van der Waals surface area contributed by atoms with Crippen molar-refractivity contribution < 1.29 is 14.3 Å². The molecule has 0 N–H and O–H groups in total. The molecule has 4 rings (SSSR count). The standard InChI is InChI=1S/C24H30N6O3/c1-14(2)11-29-17(5)15(3)22-23(29)25-13-30-24(22)26-21(27-30)12-33-28-16(4)18-8-9-19(31-6)20(10-18)32-7/h8-10,13-14H,11-12H2,1-7H3/b28-16+. The second kappa shape index (κ2) is 9.09. The molecule has 0 saturated carbocycles. The molecule has 0 aliphatic rings. The Labute approximate surface area is 193 Å². The monoisotopic (exact) mass is 450 g/mol. The Balaban J connectivity index is 1.58. The molecule has 4 aromatic rings. The zero-order chi connectivity index (χ0) is 23.7. The molecule has 9 heteroatoms. The van der Waals surface area contributed by atoms with Crippen LogP contribution in [0, 0.1) is 19.8 Å². The molecule has 0 aliphatic heterocycles. The van der Waals surface area contributed by atoms with Gasteiger partial charge >= 0.3 is 0 Å². The largest absolute Gasteiger partial charge is 0.493 e. The van der Waals surface area contributed by atoms with Crippen LogP contribution >= 0.6 is 0 Å². The highest BCUT2D eigenvalue weighted by molar-refractivity contribution is 5.99. The summed E-state index contributed by atoms with van der Waals surface area (Å²) in [5, 5.41) is 9.79. The number of nitrogens with zero attached hydrogens (tertiary/aromatic N) is 6. The number of aromatic nitrogens is 5. The maximum Gasteiger partial charge on any atom is 0.192 e. The lowest BCUT2D eigenvalue weighted by Crippen LogP contribution is -2.07. The van der Waals surface area contributed by atoms with E-state index in [0.717, 1.165) is 28.8 Å². The van der Waals surface area contributed by atoms with Gasteiger partial charge in [-0.05, 0) is 50.5 Å². The fourth-order valence-corrected chi connectivity index (χ4v) is 3.93. The molecule has 9 nitrogen and oxygen atoms in total. The third-order valence-electron chi connectivity index (χ3n) is 5.73. The van der Waals surface area contributed by atoms with Crippen molar-refractivity contribution in [2.24, 2.45) is 11.1 Å². The second-order valence-corrected chi connectivity index (χ2v) is 8.47. The van der Waals surface area contributed by atoms with Crippen LogP contribution in [0.4, 0.5) is 0 Å². The molecule has 0 fully saturated rings. The van der Waals surface area contributed by atoms with E-state index in [0.29, 0.717) is 29.0 Å². The molecule has 33 heavy (non-hydrogen) atoms. The van der Waals surface area contributed by atoms with Gasteiger partial charge in [-0.15, -0.1) is 5.10 Å². The van der Waals surface area contributed by atoms with Gasteiger partial charge in [0.15, 0.2) is 29.6 Å². The summed E-state index contributed by atoms with van der Waals surface area (Å²) in [6.45, 7) is 11.6. The summed E-state index contributed by atoms with van der Waals surface area (Å²) in [4.78, 5) is 15.0. The van der Waals surface area contributed by atoms with Crippen molar-refractivity contribution in [1.29, 1.82) is 0 Å². The number of aryl methyl sites for hydroxylation is 1. The summed E-state index contributed by atoms with van der Waals surface area (Å²) in [7, 11) is 3.21. The van der Waals surface area contributed by atoms with E-state index in [2.05, 4.69) is 47.5 Å². The van der Waals surface area contributed by atoms with Crippen molar-refractivity contribution in [2.45, 2.75) is 47.8 Å². The summed E-state index contributed by atoms with van der Waals surface area (Å²) >= 11 is 0. The quantitative estimate of drug-likeness (QED) is 0.294. The number of rotatable bonds is 8. The Morgan fingerprint density at radius 2 is 1.85 bits per heavy atom. The molecular formula is C24H30N6O3. The minimum atomic E-state index is 0.151. The summed E-state index contributed by atoms with van der Waals surface area (Å²) in [5.41, 5.74) is 5.68. The molecule has 0 aliphatic carbocycles. The first-order chi connectivity index (χ1) is 15.8. The smallest absolute Gasteiger partial charge is 0.192 e. The molecule has 174 valence electrons. The van der Waals surface area contributed by atoms with Crippen LogP contribution in [0.25, 0.3) is 16.7 Å². The average Bonchev–Trinajstić information content (AvgIpc) is 3.32. The van der Waals surface area contributed by atoms with Gasteiger partial charge in [0.2, 0.25) is 0 Å². The van der Waals surface area contributed by atoms with Crippen molar-refractivity contribution in [1.82, 2.24) is 24.1 Å². The molecule has 0 radical (unpaired) electrons. The van der Waals surface area contributed by atoms with E-state index in [1.807, 2.05) is 25.1 Å². The number of ether oxygens (including phenoxy) is 2.